The van der Waals surface area contributed by atoms with E-state index in [1.54, 1.807) is 0 Å². The number of rotatable bonds is 3. The van der Waals surface area contributed by atoms with Crippen LogP contribution in [-0.2, 0) is 13.6 Å². The fourth-order valence-corrected chi connectivity index (χ4v) is 0.329. The molecule has 0 aliphatic carbocycles. The van der Waals surface area contributed by atoms with Crippen molar-refractivity contribution in [1.29, 1.82) is 5.41 Å². The van der Waals surface area contributed by atoms with E-state index < -0.39 is 7.82 Å². The minimum atomic E-state index is -3.92. The van der Waals surface area contributed by atoms with Gasteiger partial charge in [0, 0.05) is 7.11 Å². The molecular weight excluding hydrogens is 133 g/mol. The summed E-state index contributed by atoms with van der Waals surface area (Å²) in [6.07, 6.45) is 0.351. The second kappa shape index (κ2) is 2.81. The molecule has 0 radical (unpaired) electrons. The van der Waals surface area contributed by atoms with Crippen molar-refractivity contribution < 1.29 is 18.5 Å². The Hall–Kier alpha value is -0.380. The third-order valence-electron chi connectivity index (χ3n) is 0.417. The standard InChI is InChI=1S/C2H6NO4P/c1-6-8(4,5)7-2-3/h2-3H,1H3,(H,4,5). The Morgan fingerprint density at radius 2 is 2.38 bits per heavy atom. The summed E-state index contributed by atoms with van der Waals surface area (Å²) in [5, 5.41) is 6.20. The normalized spacial score (nSPS) is 16.8. The van der Waals surface area contributed by atoms with Gasteiger partial charge in [-0.25, -0.2) is 4.57 Å². The average Bonchev–Trinajstić information content (AvgIpc) is 1.67. The second-order valence-corrected chi connectivity index (χ2v) is 2.39. The van der Waals surface area contributed by atoms with Crippen LogP contribution in [0.3, 0.4) is 0 Å². The molecule has 0 aliphatic rings. The summed E-state index contributed by atoms with van der Waals surface area (Å²) in [4.78, 5) is 8.28. The van der Waals surface area contributed by atoms with Gasteiger partial charge in [-0.2, -0.15) is 0 Å². The summed E-state index contributed by atoms with van der Waals surface area (Å²) in [6.45, 7) is 0. The van der Waals surface area contributed by atoms with E-state index in [0.717, 1.165) is 7.11 Å². The lowest BCUT2D eigenvalue weighted by molar-refractivity contribution is 0.242. The van der Waals surface area contributed by atoms with Gasteiger partial charge >= 0.3 is 7.82 Å². The Balaban J connectivity index is 3.72. The third kappa shape index (κ3) is 2.74. The summed E-state index contributed by atoms with van der Waals surface area (Å²) in [7, 11) is -2.90. The lowest BCUT2D eigenvalue weighted by Crippen LogP contribution is -1.86. The van der Waals surface area contributed by atoms with Gasteiger partial charge in [-0.05, 0) is 0 Å². The molecule has 1 atom stereocenters. The highest BCUT2D eigenvalue weighted by Crippen LogP contribution is 2.40. The molecule has 0 aromatic heterocycles. The van der Waals surface area contributed by atoms with E-state index in [1.165, 1.54) is 0 Å². The van der Waals surface area contributed by atoms with Gasteiger partial charge in [0.2, 0.25) is 0 Å². The smallest absolute Gasteiger partial charge is 0.393 e. The van der Waals surface area contributed by atoms with Crippen LogP contribution < -0.4 is 0 Å². The summed E-state index contributed by atoms with van der Waals surface area (Å²) < 4.78 is 17.9. The van der Waals surface area contributed by atoms with Gasteiger partial charge in [0.1, 0.15) is 0 Å². The Morgan fingerprint density at radius 3 is 2.50 bits per heavy atom. The van der Waals surface area contributed by atoms with Gasteiger partial charge in [0.15, 0.2) is 6.40 Å². The molecule has 5 nitrogen and oxygen atoms in total. The van der Waals surface area contributed by atoms with Crippen LogP contribution in [0.15, 0.2) is 0 Å². The molecule has 0 spiro atoms. The van der Waals surface area contributed by atoms with Gasteiger partial charge in [-0.1, -0.05) is 0 Å². The van der Waals surface area contributed by atoms with E-state index in [0.29, 0.717) is 6.40 Å². The maximum Gasteiger partial charge on any atom is 0.527 e. The first-order valence-corrected chi connectivity index (χ1v) is 3.18. The predicted molar refractivity (Wildman–Crippen MR) is 26.7 cm³/mol. The van der Waals surface area contributed by atoms with Crippen LogP contribution >= 0.6 is 7.82 Å². The Morgan fingerprint density at radius 1 is 1.88 bits per heavy atom. The van der Waals surface area contributed by atoms with Crippen LogP contribution in [0.25, 0.3) is 0 Å². The fourth-order valence-electron chi connectivity index (χ4n) is 0.110. The maximum absolute atomic E-state index is 10.1. The average molecular weight is 139 g/mol. The molecule has 48 valence electrons. The van der Waals surface area contributed by atoms with E-state index in [2.05, 4.69) is 9.05 Å². The van der Waals surface area contributed by atoms with E-state index in [4.69, 9.17) is 10.3 Å². The molecule has 0 aromatic carbocycles. The van der Waals surface area contributed by atoms with Crippen molar-refractivity contribution in [1.82, 2.24) is 0 Å². The first-order valence-electron chi connectivity index (χ1n) is 1.68. The Kier molecular flexibility index (Phi) is 2.68. The van der Waals surface area contributed by atoms with Crippen LogP contribution in [0.2, 0.25) is 0 Å². The zero-order chi connectivity index (χ0) is 6.62. The largest absolute Gasteiger partial charge is 0.527 e. The molecule has 1 unspecified atom stereocenters. The summed E-state index contributed by atoms with van der Waals surface area (Å²) in [5.74, 6) is 0. The summed E-state index contributed by atoms with van der Waals surface area (Å²) >= 11 is 0. The van der Waals surface area contributed by atoms with Crippen molar-refractivity contribution in [3.05, 3.63) is 0 Å². The Labute approximate surface area is 46.4 Å². The topological polar surface area (TPSA) is 79.6 Å². The van der Waals surface area contributed by atoms with E-state index in [1.807, 2.05) is 0 Å². The third-order valence-corrected chi connectivity index (χ3v) is 1.25. The van der Waals surface area contributed by atoms with Crippen LogP contribution in [0, 0.1) is 5.41 Å². The van der Waals surface area contributed by atoms with Crippen LogP contribution in [0.1, 0.15) is 0 Å². The minimum absolute atomic E-state index is 0.351. The lowest BCUT2D eigenvalue weighted by atomic mass is 11.6. The molecule has 0 amide bonds. The van der Waals surface area contributed by atoms with Crippen molar-refractivity contribution in [3.8, 4) is 0 Å². The highest BCUT2D eigenvalue weighted by Gasteiger charge is 2.16. The van der Waals surface area contributed by atoms with Gasteiger partial charge in [-0.3, -0.25) is 14.8 Å². The van der Waals surface area contributed by atoms with E-state index >= 15 is 0 Å². The number of hydrogen-bond acceptors (Lipinski definition) is 4. The van der Waals surface area contributed by atoms with Gasteiger partial charge < -0.3 is 4.52 Å². The van der Waals surface area contributed by atoms with Crippen LogP contribution in [-0.4, -0.2) is 18.4 Å². The van der Waals surface area contributed by atoms with Crippen molar-refractivity contribution >= 4 is 14.2 Å². The SMILES string of the molecule is COP(=O)(O)OC=N. The van der Waals surface area contributed by atoms with Crippen LogP contribution in [0.4, 0.5) is 0 Å². The molecular formula is C2H6NO4P. The first-order chi connectivity index (χ1) is 3.62. The molecule has 0 saturated carbocycles. The summed E-state index contributed by atoms with van der Waals surface area (Å²) in [6, 6.07) is 0. The number of hydrogen-bond donors (Lipinski definition) is 2. The van der Waals surface area contributed by atoms with Gasteiger partial charge in [0.25, 0.3) is 0 Å². The summed E-state index contributed by atoms with van der Waals surface area (Å²) in [5.41, 5.74) is 0. The highest BCUT2D eigenvalue weighted by atomic mass is 31.2. The molecule has 0 aliphatic heterocycles. The molecule has 0 aromatic rings. The molecule has 0 bridgehead atoms. The van der Waals surface area contributed by atoms with E-state index in [-0.39, 0.29) is 0 Å². The molecule has 0 rings (SSSR count). The zero-order valence-electron chi connectivity index (χ0n) is 4.20. The highest BCUT2D eigenvalue weighted by molar-refractivity contribution is 7.47. The van der Waals surface area contributed by atoms with E-state index in [9.17, 15) is 4.57 Å². The monoisotopic (exact) mass is 139 g/mol. The molecule has 2 N–H and O–H groups in total. The Bertz CT molecular complexity index is 123. The second-order valence-electron chi connectivity index (χ2n) is 0.874. The number of phosphoric acid groups is 1. The molecule has 0 fully saturated rings. The molecule has 8 heavy (non-hydrogen) atoms. The molecule has 0 saturated heterocycles. The van der Waals surface area contributed by atoms with Crippen molar-refractivity contribution in [3.63, 3.8) is 0 Å². The number of phosphoric ester groups is 1. The fraction of sp³-hybridized carbons (Fsp3) is 0.500. The lowest BCUT2D eigenvalue weighted by Gasteiger charge is -2.02. The van der Waals surface area contributed by atoms with Gasteiger partial charge in [0.05, 0.1) is 0 Å². The predicted octanol–water partition coefficient (Wildman–Crippen LogP) is 0.357. The molecule has 6 heteroatoms. The van der Waals surface area contributed by atoms with Crippen molar-refractivity contribution in [2.24, 2.45) is 0 Å². The first kappa shape index (κ1) is 7.62. The quantitative estimate of drug-likeness (QED) is 0.336. The zero-order valence-corrected chi connectivity index (χ0v) is 5.09. The van der Waals surface area contributed by atoms with Crippen LogP contribution in [0.5, 0.6) is 0 Å². The molecule has 0 heterocycles. The van der Waals surface area contributed by atoms with Gasteiger partial charge in [-0.15, -0.1) is 0 Å². The van der Waals surface area contributed by atoms with Crippen molar-refractivity contribution in [2.45, 2.75) is 0 Å². The maximum atomic E-state index is 10.1. The van der Waals surface area contributed by atoms with Crippen molar-refractivity contribution in [2.75, 3.05) is 7.11 Å². The number of nitrogens with one attached hydrogen (secondary N) is 1. The minimum Gasteiger partial charge on any atom is -0.393 e.